The first-order valence-corrected chi connectivity index (χ1v) is 7.32. The van der Waals surface area contributed by atoms with Gasteiger partial charge in [0.25, 0.3) is 0 Å². The maximum atomic E-state index is 12.8. The predicted molar refractivity (Wildman–Crippen MR) is 85.9 cm³/mol. The molecule has 0 saturated carbocycles. The van der Waals surface area contributed by atoms with Crippen LogP contribution in [0.15, 0.2) is 42.5 Å². The molecule has 2 aromatic carbocycles. The van der Waals surface area contributed by atoms with Gasteiger partial charge in [0.15, 0.2) is 11.6 Å². The summed E-state index contributed by atoms with van der Waals surface area (Å²) in [4.78, 5) is 25.5. The van der Waals surface area contributed by atoms with E-state index >= 15 is 0 Å². The van der Waals surface area contributed by atoms with Crippen LogP contribution in [0.25, 0.3) is 0 Å². The Bertz CT molecular complexity index is 793. The summed E-state index contributed by atoms with van der Waals surface area (Å²) in [6, 6.07) is 11.7. The molecule has 0 radical (unpaired) electrons. The van der Waals surface area contributed by atoms with Crippen molar-refractivity contribution in [2.45, 2.75) is 12.5 Å². The SMILES string of the molecule is CC(CO)(CO)Nc1cccc2c1C(=O)c1ccccc1C2=O. The van der Waals surface area contributed by atoms with Gasteiger partial charge in [0, 0.05) is 22.4 Å². The van der Waals surface area contributed by atoms with E-state index in [9.17, 15) is 19.8 Å². The smallest absolute Gasteiger partial charge is 0.196 e. The number of carbonyl (C=O) groups is 2. The van der Waals surface area contributed by atoms with Crippen molar-refractivity contribution in [3.8, 4) is 0 Å². The molecule has 1 aliphatic carbocycles. The van der Waals surface area contributed by atoms with Gasteiger partial charge in [-0.15, -0.1) is 0 Å². The average Bonchev–Trinajstić information content (AvgIpc) is 2.59. The molecule has 0 aliphatic heterocycles. The van der Waals surface area contributed by atoms with E-state index in [-0.39, 0.29) is 30.3 Å². The fraction of sp³-hybridized carbons (Fsp3) is 0.222. The molecule has 0 fully saturated rings. The van der Waals surface area contributed by atoms with E-state index in [1.54, 1.807) is 49.4 Å². The first kappa shape index (κ1) is 15.4. The third kappa shape index (κ3) is 2.44. The van der Waals surface area contributed by atoms with Gasteiger partial charge >= 0.3 is 0 Å². The second kappa shape index (κ2) is 5.61. The minimum absolute atomic E-state index is 0.200. The third-order valence-electron chi connectivity index (χ3n) is 4.09. The summed E-state index contributed by atoms with van der Waals surface area (Å²) in [7, 11) is 0. The molecule has 0 atom stereocenters. The van der Waals surface area contributed by atoms with Crippen molar-refractivity contribution in [3.05, 3.63) is 64.7 Å². The Morgan fingerprint density at radius 1 is 0.870 bits per heavy atom. The van der Waals surface area contributed by atoms with Gasteiger partial charge in [0.2, 0.25) is 0 Å². The van der Waals surface area contributed by atoms with Gasteiger partial charge in [0.05, 0.1) is 24.3 Å². The number of carbonyl (C=O) groups excluding carboxylic acids is 2. The number of rotatable bonds is 4. The molecule has 1 aliphatic rings. The lowest BCUT2D eigenvalue weighted by Gasteiger charge is -2.30. The molecule has 0 aromatic heterocycles. The molecule has 0 spiro atoms. The van der Waals surface area contributed by atoms with Gasteiger partial charge in [0.1, 0.15) is 0 Å². The Morgan fingerprint density at radius 3 is 2.04 bits per heavy atom. The molecule has 23 heavy (non-hydrogen) atoms. The molecule has 0 unspecified atom stereocenters. The number of hydrogen-bond acceptors (Lipinski definition) is 5. The van der Waals surface area contributed by atoms with Crippen LogP contribution < -0.4 is 5.32 Å². The molecular weight excluding hydrogens is 294 g/mol. The Morgan fingerprint density at radius 2 is 1.43 bits per heavy atom. The first-order chi connectivity index (χ1) is 11.0. The quantitative estimate of drug-likeness (QED) is 0.681. The lowest BCUT2D eigenvalue weighted by molar-refractivity contribution is 0.0979. The Balaban J connectivity index is 2.15. The minimum atomic E-state index is -0.991. The van der Waals surface area contributed by atoms with Crippen molar-refractivity contribution >= 4 is 17.3 Å². The van der Waals surface area contributed by atoms with E-state index in [0.29, 0.717) is 22.4 Å². The van der Waals surface area contributed by atoms with Gasteiger partial charge < -0.3 is 15.5 Å². The van der Waals surface area contributed by atoms with Crippen molar-refractivity contribution < 1.29 is 19.8 Å². The molecule has 3 N–H and O–H groups in total. The molecule has 3 rings (SSSR count). The van der Waals surface area contributed by atoms with Crippen LogP contribution in [-0.4, -0.2) is 40.5 Å². The zero-order chi connectivity index (χ0) is 16.6. The van der Waals surface area contributed by atoms with Gasteiger partial charge in [-0.1, -0.05) is 36.4 Å². The van der Waals surface area contributed by atoms with Gasteiger partial charge in [-0.3, -0.25) is 9.59 Å². The van der Waals surface area contributed by atoms with Crippen LogP contribution in [0.4, 0.5) is 5.69 Å². The molecule has 5 heteroatoms. The van der Waals surface area contributed by atoms with Gasteiger partial charge in [-0.25, -0.2) is 0 Å². The number of benzene rings is 2. The summed E-state index contributed by atoms with van der Waals surface area (Å²) in [6.07, 6.45) is 0. The second-order valence-electron chi connectivity index (χ2n) is 5.93. The molecule has 2 aromatic rings. The summed E-state index contributed by atoms with van der Waals surface area (Å²) in [5.41, 5.74) is 0.820. The van der Waals surface area contributed by atoms with E-state index < -0.39 is 5.54 Å². The minimum Gasteiger partial charge on any atom is -0.394 e. The number of hydrogen-bond donors (Lipinski definition) is 3. The number of aliphatic hydroxyl groups excluding tert-OH is 2. The topological polar surface area (TPSA) is 86.6 Å². The van der Waals surface area contributed by atoms with Crippen molar-refractivity contribution in [3.63, 3.8) is 0 Å². The molecule has 0 saturated heterocycles. The Labute approximate surface area is 133 Å². The highest BCUT2D eigenvalue weighted by molar-refractivity contribution is 6.30. The van der Waals surface area contributed by atoms with Crippen molar-refractivity contribution in [1.82, 2.24) is 0 Å². The molecule has 118 valence electrons. The molecule has 0 heterocycles. The van der Waals surface area contributed by atoms with Crippen LogP contribution in [0, 0.1) is 0 Å². The van der Waals surface area contributed by atoms with Crippen molar-refractivity contribution in [2.75, 3.05) is 18.5 Å². The molecule has 0 amide bonds. The highest BCUT2D eigenvalue weighted by Gasteiger charge is 2.33. The largest absolute Gasteiger partial charge is 0.394 e. The monoisotopic (exact) mass is 311 g/mol. The number of anilines is 1. The number of aliphatic hydroxyl groups is 2. The number of nitrogens with one attached hydrogen (secondary N) is 1. The Kier molecular flexibility index (Phi) is 3.75. The molecular formula is C18H17NO4. The van der Waals surface area contributed by atoms with Gasteiger partial charge in [-0.05, 0) is 13.0 Å². The van der Waals surface area contributed by atoms with Gasteiger partial charge in [-0.2, -0.15) is 0 Å². The zero-order valence-electron chi connectivity index (χ0n) is 12.7. The summed E-state index contributed by atoms with van der Waals surface area (Å²) < 4.78 is 0. The molecule has 0 bridgehead atoms. The van der Waals surface area contributed by atoms with Crippen LogP contribution in [-0.2, 0) is 0 Å². The highest BCUT2D eigenvalue weighted by Crippen LogP contribution is 2.33. The fourth-order valence-electron chi connectivity index (χ4n) is 2.70. The second-order valence-corrected chi connectivity index (χ2v) is 5.93. The maximum absolute atomic E-state index is 12.8. The third-order valence-corrected chi connectivity index (χ3v) is 4.09. The van der Waals surface area contributed by atoms with Crippen LogP contribution >= 0.6 is 0 Å². The fourth-order valence-corrected chi connectivity index (χ4v) is 2.70. The summed E-state index contributed by atoms with van der Waals surface area (Å²) >= 11 is 0. The van der Waals surface area contributed by atoms with Crippen LogP contribution in [0.2, 0.25) is 0 Å². The van der Waals surface area contributed by atoms with E-state index in [2.05, 4.69) is 5.32 Å². The van der Waals surface area contributed by atoms with E-state index in [4.69, 9.17) is 0 Å². The highest BCUT2D eigenvalue weighted by atomic mass is 16.3. The van der Waals surface area contributed by atoms with E-state index in [0.717, 1.165) is 0 Å². The summed E-state index contributed by atoms with van der Waals surface area (Å²) in [6.45, 7) is 1.01. The zero-order valence-corrected chi connectivity index (χ0v) is 12.7. The normalized spacial score (nSPS) is 13.5. The lowest BCUT2D eigenvalue weighted by Crippen LogP contribution is -2.43. The van der Waals surface area contributed by atoms with Crippen LogP contribution in [0.3, 0.4) is 0 Å². The maximum Gasteiger partial charge on any atom is 0.196 e. The van der Waals surface area contributed by atoms with Crippen LogP contribution in [0.5, 0.6) is 0 Å². The van der Waals surface area contributed by atoms with E-state index in [1.807, 2.05) is 0 Å². The molecule has 5 nitrogen and oxygen atoms in total. The van der Waals surface area contributed by atoms with E-state index in [1.165, 1.54) is 0 Å². The first-order valence-electron chi connectivity index (χ1n) is 7.32. The number of ketones is 2. The summed E-state index contributed by atoms with van der Waals surface area (Å²) in [5.74, 6) is -0.440. The standard InChI is InChI=1S/C18H17NO4/c1-18(9-20,10-21)19-14-8-4-7-13-15(14)17(23)12-6-3-2-5-11(12)16(13)22/h2-8,19-21H,9-10H2,1H3. The van der Waals surface area contributed by atoms with Crippen molar-refractivity contribution in [1.29, 1.82) is 0 Å². The van der Waals surface area contributed by atoms with Crippen molar-refractivity contribution in [2.24, 2.45) is 0 Å². The predicted octanol–water partition coefficient (Wildman–Crippen LogP) is 1.62. The average molecular weight is 311 g/mol. The van der Waals surface area contributed by atoms with Crippen LogP contribution in [0.1, 0.15) is 38.8 Å². The summed E-state index contributed by atoms with van der Waals surface area (Å²) in [5, 5.41) is 21.9. The Hall–Kier alpha value is -2.50. The number of fused-ring (bicyclic) bond motifs is 2. The lowest BCUT2D eigenvalue weighted by atomic mass is 9.83.